The number of amidine groups is 1. The van der Waals surface area contributed by atoms with Gasteiger partial charge in [-0.25, -0.2) is 9.59 Å². The molecular formula is C14H25N3Na2O11P+. The van der Waals surface area contributed by atoms with Gasteiger partial charge in [-0.3, -0.25) is 4.57 Å². The molecule has 1 fully saturated rings. The molecule has 8 N–H and O–H groups in total. The quantitative estimate of drug-likeness (QED) is 0.0972. The number of urea groups is 1. The Morgan fingerprint density at radius 3 is 2.35 bits per heavy atom. The third-order valence-corrected chi connectivity index (χ3v) is 4.92. The van der Waals surface area contributed by atoms with Crippen LogP contribution in [-0.2, 0) is 18.8 Å². The number of rotatable bonds is 8. The fraction of sp³-hybridized carbons (Fsp3) is 0.643. The Morgan fingerprint density at radius 2 is 1.90 bits per heavy atom. The molecule has 2 aliphatic heterocycles. The zero-order valence-electron chi connectivity index (χ0n) is 15.0. The second kappa shape index (κ2) is 12.8. The molecule has 1 unspecified atom stereocenters. The number of nitrogens with zero attached hydrogens (tertiary/aromatic N) is 2. The molecule has 17 heteroatoms. The molecule has 0 saturated carbocycles. The van der Waals surface area contributed by atoms with Crippen LogP contribution in [0.2, 0.25) is 0 Å². The molecule has 0 bridgehead atoms. The summed E-state index contributed by atoms with van der Waals surface area (Å²) in [6.45, 7) is -1.53. The predicted octanol–water partition coefficient (Wildman–Crippen LogP) is -4.62. The van der Waals surface area contributed by atoms with Gasteiger partial charge >= 0.3 is 78.6 Å². The summed E-state index contributed by atoms with van der Waals surface area (Å²) >= 11 is 0. The number of quaternary nitrogens is 1. The summed E-state index contributed by atoms with van der Waals surface area (Å²) in [6, 6.07) is -1.17. The zero-order chi connectivity index (χ0) is 22.0. The number of aliphatic hydroxyl groups is 4. The molecule has 14 nitrogen and oxygen atoms in total. The monoisotopic (exact) mass is 488 g/mol. The summed E-state index contributed by atoms with van der Waals surface area (Å²) in [7, 11) is -4.59. The third-order valence-electron chi connectivity index (χ3n) is 4.44. The number of nitrogens with two attached hydrogens (primary N) is 1. The van der Waals surface area contributed by atoms with Crippen LogP contribution in [0.25, 0.3) is 0 Å². The van der Waals surface area contributed by atoms with Gasteiger partial charge in [-0.15, -0.1) is 9.48 Å². The number of aliphatic hydroxyl groups excluding tert-OH is 4. The number of amides is 3. The van der Waals surface area contributed by atoms with Crippen molar-refractivity contribution in [2.24, 2.45) is 10.7 Å². The Balaban J connectivity index is 0.00000450. The van der Waals surface area contributed by atoms with Gasteiger partial charge < -0.3 is 45.4 Å². The van der Waals surface area contributed by atoms with E-state index < -0.39 is 80.6 Å². The predicted molar refractivity (Wildman–Crippen MR) is 107 cm³/mol. The van der Waals surface area contributed by atoms with Crippen LogP contribution in [0.5, 0.6) is 0 Å². The van der Waals surface area contributed by atoms with Crippen molar-refractivity contribution in [1.82, 2.24) is 0 Å². The number of aliphatic imine (C=N–C) groups is 1. The first-order valence-electron chi connectivity index (χ1n) is 8.35. The summed E-state index contributed by atoms with van der Waals surface area (Å²) in [5.74, 6) is -1.26. The zero-order valence-corrected chi connectivity index (χ0v) is 15.9. The Hall–Kier alpha value is 0.420. The van der Waals surface area contributed by atoms with E-state index in [1.165, 1.54) is 0 Å². The first kappa shape index (κ1) is 31.4. The van der Waals surface area contributed by atoms with Crippen LogP contribution < -0.4 is 5.73 Å². The normalized spacial score (nSPS) is 31.4. The second-order valence-electron chi connectivity index (χ2n) is 6.50. The molecule has 2 rings (SSSR count). The van der Waals surface area contributed by atoms with Crippen LogP contribution in [0.1, 0.15) is 6.42 Å². The molecule has 0 aromatic carbocycles. The topological polar surface area (TPSA) is 229 Å². The third kappa shape index (κ3) is 7.20. The first-order chi connectivity index (χ1) is 13.5. The number of carbonyl (C=O) groups excluding carboxylic acids is 2. The summed E-state index contributed by atoms with van der Waals surface area (Å²) < 4.78 is 19.7. The molecule has 0 aromatic heterocycles. The maximum absolute atomic E-state index is 13.0. The fourth-order valence-corrected chi connectivity index (χ4v) is 3.36. The van der Waals surface area contributed by atoms with E-state index in [2.05, 4.69) is 4.99 Å². The van der Waals surface area contributed by atoms with Gasteiger partial charge in [-0.1, -0.05) is 0 Å². The molecule has 2 aliphatic rings. The Kier molecular flexibility index (Phi) is 12.9. The van der Waals surface area contributed by atoms with Crippen LogP contribution in [0, 0.1) is 0 Å². The van der Waals surface area contributed by atoms with Crippen molar-refractivity contribution in [1.29, 1.82) is 0 Å². The molecule has 0 spiro atoms. The van der Waals surface area contributed by atoms with Crippen LogP contribution in [0.3, 0.4) is 0 Å². The minimum atomic E-state index is -4.59. The van der Waals surface area contributed by atoms with E-state index in [0.29, 0.717) is 0 Å². The molecular weight excluding hydrogens is 463 g/mol. The van der Waals surface area contributed by atoms with Crippen molar-refractivity contribution < 1.29 is 58.3 Å². The average Bonchev–Trinajstić information content (AvgIpc) is 2.93. The Morgan fingerprint density at radius 1 is 1.29 bits per heavy atom. The molecule has 0 aliphatic carbocycles. The van der Waals surface area contributed by atoms with E-state index in [9.17, 15) is 34.6 Å². The molecule has 3 amide bonds. The summed E-state index contributed by atoms with van der Waals surface area (Å²) in [5, 5.41) is 38.9. The van der Waals surface area contributed by atoms with Crippen LogP contribution in [0.15, 0.2) is 17.3 Å². The minimum absolute atomic E-state index is 0. The summed E-state index contributed by atoms with van der Waals surface area (Å²) in [5.41, 5.74) is 5.46. The van der Waals surface area contributed by atoms with E-state index in [1.807, 2.05) is 0 Å². The Labute approximate surface area is 221 Å². The van der Waals surface area contributed by atoms with Crippen molar-refractivity contribution in [2.75, 3.05) is 19.6 Å². The maximum atomic E-state index is 13.0. The van der Waals surface area contributed by atoms with Crippen LogP contribution >= 0.6 is 7.60 Å². The van der Waals surface area contributed by atoms with Crippen molar-refractivity contribution >= 4 is 84.5 Å². The molecule has 0 aromatic rings. The van der Waals surface area contributed by atoms with Gasteiger partial charge in [0, 0.05) is 6.08 Å². The van der Waals surface area contributed by atoms with Gasteiger partial charge in [0.15, 0.2) is 6.10 Å². The number of imide groups is 1. The molecule has 31 heavy (non-hydrogen) atoms. The molecule has 2 heterocycles. The Bertz CT molecular complexity index is 764. The van der Waals surface area contributed by atoms with Crippen molar-refractivity contribution in [3.63, 3.8) is 0 Å². The number of carbonyl (C=O) groups is 2. The molecule has 0 radical (unpaired) electrons. The summed E-state index contributed by atoms with van der Waals surface area (Å²) in [4.78, 5) is 46.9. The molecule has 6 atom stereocenters. The van der Waals surface area contributed by atoms with E-state index in [-0.39, 0.29) is 65.0 Å². The standard InChI is InChI=1S/C14H22N3O11P.2Na.2H/c15-9-1-2-17(14(23)16-9,13-12(22)11(21)8(5-19)28-13)10(20)3-7(4-18)27-6-29(24,25)26;;;;/h1-2,7-8,11-13,18-19,21-22H,3-6H2,(H3-,15,16,23,24,25,26);;;;/p+1/t7-,8-,11-,12-,13-,17?;;;;/m1..../s1. The first-order valence-corrected chi connectivity index (χ1v) is 10.1. The van der Waals surface area contributed by atoms with E-state index >= 15 is 0 Å². The number of hydrogen-bond donors (Lipinski definition) is 7. The van der Waals surface area contributed by atoms with E-state index in [4.69, 9.17) is 25.0 Å². The van der Waals surface area contributed by atoms with Gasteiger partial charge in [-0.05, 0) is 0 Å². The number of ether oxygens (including phenoxy) is 2. The van der Waals surface area contributed by atoms with Gasteiger partial charge in [0.2, 0.25) is 6.23 Å². The van der Waals surface area contributed by atoms with Gasteiger partial charge in [-0.2, -0.15) is 0 Å². The van der Waals surface area contributed by atoms with Crippen molar-refractivity contribution in [3.8, 4) is 0 Å². The number of hydrogen-bond acceptors (Lipinski definition) is 10. The van der Waals surface area contributed by atoms with Crippen molar-refractivity contribution in [3.05, 3.63) is 12.3 Å². The molecule has 168 valence electrons. The van der Waals surface area contributed by atoms with Crippen LogP contribution in [-0.4, -0.2) is 162 Å². The van der Waals surface area contributed by atoms with E-state index in [1.54, 1.807) is 0 Å². The summed E-state index contributed by atoms with van der Waals surface area (Å²) in [6.07, 6.45) is -7.50. The SMILES string of the molecule is NC1=NC(=O)[N+](C(=O)C[C@H](CO)OCP(=O)(O)O)([C@@H]2O[C@H](CO)[C@@H](O)[C@H]2O)C=C1.[NaH].[NaH]. The van der Waals surface area contributed by atoms with Crippen molar-refractivity contribution in [2.45, 2.75) is 37.1 Å². The fourth-order valence-electron chi connectivity index (χ4n) is 2.95. The van der Waals surface area contributed by atoms with Crippen LogP contribution in [0.4, 0.5) is 4.79 Å². The van der Waals surface area contributed by atoms with Gasteiger partial charge in [0.05, 0.1) is 25.7 Å². The van der Waals surface area contributed by atoms with E-state index in [0.717, 1.165) is 12.3 Å². The van der Waals surface area contributed by atoms with Gasteiger partial charge in [0.1, 0.15) is 30.6 Å². The van der Waals surface area contributed by atoms with Gasteiger partial charge in [0.25, 0.3) is 0 Å². The second-order valence-corrected chi connectivity index (χ2v) is 8.09. The molecule has 1 saturated heterocycles. The average molecular weight is 488 g/mol.